The van der Waals surface area contributed by atoms with Crippen LogP contribution in [0.5, 0.6) is 0 Å². The van der Waals surface area contributed by atoms with Gasteiger partial charge in [0.25, 0.3) is 5.91 Å². The number of aliphatic hydroxyl groups excluding tert-OH is 1. The fourth-order valence-electron chi connectivity index (χ4n) is 3.59. The van der Waals surface area contributed by atoms with Crippen LogP contribution < -0.4 is 4.90 Å². The van der Waals surface area contributed by atoms with Crippen LogP contribution >= 0.6 is 0 Å². The molecule has 26 heavy (non-hydrogen) atoms. The highest BCUT2D eigenvalue weighted by atomic mass is 32.2. The molecule has 1 aromatic rings. The lowest BCUT2D eigenvalue weighted by Gasteiger charge is -2.29. The Morgan fingerprint density at radius 2 is 1.96 bits per heavy atom. The first kappa shape index (κ1) is 19.1. The average Bonchev–Trinajstić information content (AvgIpc) is 3.02. The van der Waals surface area contributed by atoms with Crippen LogP contribution in [0.2, 0.25) is 0 Å². The van der Waals surface area contributed by atoms with Crippen molar-refractivity contribution in [1.29, 1.82) is 0 Å². The maximum absolute atomic E-state index is 12.9. The summed E-state index contributed by atoms with van der Waals surface area (Å²) in [5, 5.41) is 10.3. The van der Waals surface area contributed by atoms with Gasteiger partial charge >= 0.3 is 0 Å². The third kappa shape index (κ3) is 4.02. The van der Waals surface area contributed by atoms with E-state index in [1.165, 1.54) is 0 Å². The van der Waals surface area contributed by atoms with Crippen LogP contribution in [0.25, 0.3) is 0 Å². The van der Waals surface area contributed by atoms with E-state index in [4.69, 9.17) is 0 Å². The molecule has 0 bridgehead atoms. The Labute approximate surface area is 155 Å². The van der Waals surface area contributed by atoms with Crippen LogP contribution in [0.4, 0.5) is 5.69 Å². The fraction of sp³-hybridized carbons (Fsp3) is 0.611. The van der Waals surface area contributed by atoms with E-state index in [1.54, 1.807) is 11.0 Å². The first-order valence-corrected chi connectivity index (χ1v) is 10.9. The van der Waals surface area contributed by atoms with Crippen molar-refractivity contribution in [2.45, 2.75) is 19.1 Å². The van der Waals surface area contributed by atoms with Crippen molar-refractivity contribution < 1.29 is 18.3 Å². The highest BCUT2D eigenvalue weighted by molar-refractivity contribution is 7.91. The van der Waals surface area contributed by atoms with Crippen molar-refractivity contribution in [3.05, 3.63) is 29.8 Å². The van der Waals surface area contributed by atoms with Gasteiger partial charge in [0.1, 0.15) is 0 Å². The second-order valence-electron chi connectivity index (χ2n) is 7.11. The molecule has 2 fully saturated rings. The molecule has 2 aliphatic heterocycles. The zero-order valence-corrected chi connectivity index (χ0v) is 16.2. The quantitative estimate of drug-likeness (QED) is 0.794. The van der Waals surface area contributed by atoms with Gasteiger partial charge in [0.05, 0.1) is 23.7 Å². The molecule has 2 heterocycles. The summed E-state index contributed by atoms with van der Waals surface area (Å²) in [7, 11) is -0.984. The lowest BCUT2D eigenvalue weighted by molar-refractivity contribution is 0.0763. The Hall–Kier alpha value is -1.64. The number of hydrogen-bond donors (Lipinski definition) is 1. The van der Waals surface area contributed by atoms with Gasteiger partial charge in [-0.05, 0) is 31.8 Å². The van der Waals surface area contributed by atoms with Gasteiger partial charge in [-0.15, -0.1) is 0 Å². The molecule has 1 aromatic carbocycles. The van der Waals surface area contributed by atoms with E-state index < -0.39 is 15.9 Å². The Morgan fingerprint density at radius 3 is 2.62 bits per heavy atom. The Balaban J connectivity index is 1.71. The van der Waals surface area contributed by atoms with Gasteiger partial charge in [-0.1, -0.05) is 13.0 Å². The average molecular weight is 381 g/mol. The first-order chi connectivity index (χ1) is 12.3. The summed E-state index contributed by atoms with van der Waals surface area (Å²) in [4.78, 5) is 18.6. The monoisotopic (exact) mass is 381 g/mol. The minimum Gasteiger partial charge on any atom is -0.390 e. The van der Waals surface area contributed by atoms with Crippen molar-refractivity contribution in [2.24, 2.45) is 0 Å². The number of rotatable bonds is 4. The molecular weight excluding hydrogens is 354 g/mol. The van der Waals surface area contributed by atoms with Gasteiger partial charge in [0.2, 0.25) is 0 Å². The van der Waals surface area contributed by atoms with E-state index in [2.05, 4.69) is 4.90 Å². The second kappa shape index (κ2) is 7.54. The lowest BCUT2D eigenvalue weighted by Crippen LogP contribution is -2.41. The number of sulfone groups is 1. The number of β-amino-alcohol motifs (C(OH)–C–C–N with tert-alkyl or cyclic N) is 1. The number of likely N-dealkylation sites (tertiary alicyclic amines) is 1. The fourth-order valence-corrected chi connectivity index (χ4v) is 4.79. The van der Waals surface area contributed by atoms with Crippen LogP contribution in [0.15, 0.2) is 24.3 Å². The minimum atomic E-state index is -2.94. The molecule has 8 heteroatoms. The van der Waals surface area contributed by atoms with Gasteiger partial charge in [0.15, 0.2) is 9.84 Å². The summed E-state index contributed by atoms with van der Waals surface area (Å²) in [5.41, 5.74) is 1.44. The van der Waals surface area contributed by atoms with Gasteiger partial charge in [0, 0.05) is 37.4 Å². The molecule has 2 atom stereocenters. The van der Waals surface area contributed by atoms with Crippen LogP contribution in [-0.2, 0) is 9.84 Å². The smallest absolute Gasteiger partial charge is 0.254 e. The first-order valence-electron chi connectivity index (χ1n) is 9.04. The normalized spacial score (nSPS) is 25.7. The summed E-state index contributed by atoms with van der Waals surface area (Å²) in [6.45, 7) is 4.59. The van der Waals surface area contributed by atoms with E-state index in [0.29, 0.717) is 31.7 Å². The molecule has 0 aliphatic carbocycles. The number of nitrogens with zero attached hydrogens (tertiary/aromatic N) is 3. The highest BCUT2D eigenvalue weighted by Gasteiger charge is 2.36. The maximum atomic E-state index is 12.9. The molecule has 7 nitrogen and oxygen atoms in total. The van der Waals surface area contributed by atoms with Gasteiger partial charge < -0.3 is 14.9 Å². The van der Waals surface area contributed by atoms with Gasteiger partial charge in [-0.25, -0.2) is 8.42 Å². The van der Waals surface area contributed by atoms with E-state index >= 15 is 0 Å². The number of anilines is 1. The van der Waals surface area contributed by atoms with Gasteiger partial charge in [-0.2, -0.15) is 0 Å². The number of benzene rings is 1. The largest absolute Gasteiger partial charge is 0.390 e. The molecule has 0 saturated carbocycles. The SMILES string of the molecule is CCN(C)[C@H]1CN(C(=O)c2cccc(N3CCS(=O)(=O)CC3)c2)C[C@@H]1O. The minimum absolute atomic E-state index is 0.0422. The highest BCUT2D eigenvalue weighted by Crippen LogP contribution is 2.22. The second-order valence-corrected chi connectivity index (χ2v) is 9.41. The molecule has 3 rings (SSSR count). The van der Waals surface area contributed by atoms with Crippen molar-refractivity contribution in [3.63, 3.8) is 0 Å². The summed E-state index contributed by atoms with van der Waals surface area (Å²) in [6.07, 6.45) is -0.542. The number of carbonyl (C=O) groups is 1. The molecule has 144 valence electrons. The molecular formula is C18H27N3O4S. The van der Waals surface area contributed by atoms with Gasteiger partial charge in [-0.3, -0.25) is 9.69 Å². The predicted octanol–water partition coefficient (Wildman–Crippen LogP) is 0.0584. The van der Waals surface area contributed by atoms with Crippen molar-refractivity contribution in [1.82, 2.24) is 9.80 Å². The number of aliphatic hydroxyl groups is 1. The lowest BCUT2D eigenvalue weighted by atomic mass is 10.1. The van der Waals surface area contributed by atoms with Crippen LogP contribution in [-0.4, -0.2) is 92.7 Å². The van der Waals surface area contributed by atoms with Crippen LogP contribution in [0, 0.1) is 0 Å². The third-order valence-corrected chi connectivity index (χ3v) is 7.02. The Morgan fingerprint density at radius 1 is 1.27 bits per heavy atom. The molecule has 1 N–H and O–H groups in total. The van der Waals surface area contributed by atoms with Crippen molar-refractivity contribution in [2.75, 3.05) is 56.2 Å². The number of hydrogen-bond acceptors (Lipinski definition) is 6. The summed E-state index contributed by atoms with van der Waals surface area (Å²) < 4.78 is 23.2. The number of likely N-dealkylation sites (N-methyl/N-ethyl adjacent to an activating group) is 1. The van der Waals surface area contributed by atoms with Crippen molar-refractivity contribution >= 4 is 21.4 Å². The predicted molar refractivity (Wildman–Crippen MR) is 101 cm³/mol. The standard InChI is InChI=1S/C18H27N3O4S/c1-3-19(2)16-12-21(13-17(16)22)18(23)14-5-4-6-15(11-14)20-7-9-26(24,25)10-8-20/h4-6,11,16-17,22H,3,7-10,12-13H2,1-2H3/t16-,17-/m0/s1. The zero-order valence-electron chi connectivity index (χ0n) is 15.3. The number of carbonyl (C=O) groups excluding carboxylic acids is 1. The molecule has 0 unspecified atom stereocenters. The van der Waals surface area contributed by atoms with Crippen molar-refractivity contribution in [3.8, 4) is 0 Å². The molecule has 0 spiro atoms. The number of amides is 1. The summed E-state index contributed by atoms with van der Waals surface area (Å²) in [5.74, 6) is 0.200. The zero-order chi connectivity index (χ0) is 18.9. The van der Waals surface area contributed by atoms with E-state index in [9.17, 15) is 18.3 Å². The Bertz CT molecular complexity index is 753. The molecule has 2 saturated heterocycles. The Kier molecular flexibility index (Phi) is 5.55. The topological polar surface area (TPSA) is 81.2 Å². The summed E-state index contributed by atoms with van der Waals surface area (Å²) >= 11 is 0. The van der Waals surface area contributed by atoms with Crippen LogP contribution in [0.3, 0.4) is 0 Å². The molecule has 1 amide bonds. The third-order valence-electron chi connectivity index (χ3n) is 5.41. The molecule has 0 aromatic heterocycles. The van der Waals surface area contributed by atoms with E-state index in [0.717, 1.165) is 12.2 Å². The van der Waals surface area contributed by atoms with Crippen LogP contribution in [0.1, 0.15) is 17.3 Å². The molecule has 2 aliphatic rings. The summed E-state index contributed by atoms with van der Waals surface area (Å²) in [6, 6.07) is 7.29. The van der Waals surface area contributed by atoms with E-state index in [-0.39, 0.29) is 23.5 Å². The molecule has 0 radical (unpaired) electrons. The maximum Gasteiger partial charge on any atom is 0.254 e. The van der Waals surface area contributed by atoms with E-state index in [1.807, 2.05) is 37.1 Å².